The number of aliphatic hydroxyl groups is 1. The van der Waals surface area contributed by atoms with E-state index in [1.165, 1.54) is 12.1 Å². The number of rotatable bonds is 2. The van der Waals surface area contributed by atoms with E-state index in [0.29, 0.717) is 16.8 Å². The average molecular weight is 294 g/mol. The molecule has 0 aliphatic heterocycles. The van der Waals surface area contributed by atoms with Crippen LogP contribution in [0.5, 0.6) is 5.75 Å². The van der Waals surface area contributed by atoms with Crippen molar-refractivity contribution >= 4 is 21.6 Å². The molecule has 2 aromatic carbocycles. The number of halogens is 1. The van der Waals surface area contributed by atoms with E-state index in [9.17, 15) is 10.2 Å². The van der Waals surface area contributed by atoms with Crippen LogP contribution in [-0.2, 0) is 0 Å². The lowest BCUT2D eigenvalue weighted by atomic mass is 10.00. The molecule has 1 atom stereocenters. The van der Waals surface area contributed by atoms with Crippen molar-refractivity contribution in [3.8, 4) is 5.75 Å². The first-order chi connectivity index (χ1) is 8.09. The van der Waals surface area contributed by atoms with Gasteiger partial charge in [-0.1, -0.05) is 24.3 Å². The molecular formula is C13H12BrNO2. The number of hydrogen-bond acceptors (Lipinski definition) is 3. The number of para-hydroxylation sites is 1. The van der Waals surface area contributed by atoms with Crippen molar-refractivity contribution in [3.63, 3.8) is 0 Å². The molecule has 1 unspecified atom stereocenters. The highest BCUT2D eigenvalue weighted by atomic mass is 79.9. The van der Waals surface area contributed by atoms with Crippen molar-refractivity contribution in [1.82, 2.24) is 0 Å². The number of aromatic hydroxyl groups is 1. The van der Waals surface area contributed by atoms with Crippen molar-refractivity contribution in [1.29, 1.82) is 0 Å². The number of anilines is 1. The molecule has 17 heavy (non-hydrogen) atoms. The number of nitrogen functional groups attached to an aromatic ring is 1. The zero-order valence-electron chi connectivity index (χ0n) is 8.97. The van der Waals surface area contributed by atoms with E-state index < -0.39 is 6.10 Å². The van der Waals surface area contributed by atoms with Crippen LogP contribution in [0, 0.1) is 0 Å². The minimum atomic E-state index is -0.798. The molecule has 0 aromatic heterocycles. The van der Waals surface area contributed by atoms with Gasteiger partial charge < -0.3 is 15.9 Å². The highest BCUT2D eigenvalue weighted by Crippen LogP contribution is 2.31. The molecule has 3 nitrogen and oxygen atoms in total. The maximum atomic E-state index is 10.2. The third-order valence-electron chi connectivity index (χ3n) is 2.59. The maximum absolute atomic E-state index is 10.2. The topological polar surface area (TPSA) is 66.5 Å². The molecule has 0 fully saturated rings. The van der Waals surface area contributed by atoms with E-state index in [4.69, 9.17) is 5.73 Å². The molecule has 4 heteroatoms. The molecule has 0 amide bonds. The summed E-state index contributed by atoms with van der Waals surface area (Å²) in [4.78, 5) is 0. The number of phenols is 1. The lowest BCUT2D eigenvalue weighted by molar-refractivity contribution is 0.221. The molecule has 2 aromatic rings. The fraction of sp³-hybridized carbons (Fsp3) is 0.0769. The SMILES string of the molecule is Nc1c(Br)cccc1C(O)c1ccc(O)cc1. The Kier molecular flexibility index (Phi) is 3.36. The standard InChI is InChI=1S/C13H12BrNO2/c14-11-3-1-2-10(12(11)15)13(17)8-4-6-9(16)7-5-8/h1-7,13,16-17H,15H2. The third-order valence-corrected chi connectivity index (χ3v) is 3.28. The largest absolute Gasteiger partial charge is 0.508 e. The van der Waals surface area contributed by atoms with Gasteiger partial charge in [-0.25, -0.2) is 0 Å². The van der Waals surface area contributed by atoms with Gasteiger partial charge in [-0.15, -0.1) is 0 Å². The van der Waals surface area contributed by atoms with Crippen molar-refractivity contribution in [2.75, 3.05) is 5.73 Å². The van der Waals surface area contributed by atoms with Crippen molar-refractivity contribution < 1.29 is 10.2 Å². The Hall–Kier alpha value is -1.52. The van der Waals surface area contributed by atoms with Gasteiger partial charge in [0, 0.05) is 10.0 Å². The first-order valence-corrected chi connectivity index (χ1v) is 5.90. The van der Waals surface area contributed by atoms with Crippen molar-refractivity contribution in [2.45, 2.75) is 6.10 Å². The van der Waals surface area contributed by atoms with Crippen LogP contribution in [0.4, 0.5) is 5.69 Å². The summed E-state index contributed by atoms with van der Waals surface area (Å²) in [5, 5.41) is 19.4. The molecule has 0 saturated carbocycles. The first-order valence-electron chi connectivity index (χ1n) is 5.10. The number of hydrogen-bond donors (Lipinski definition) is 3. The summed E-state index contributed by atoms with van der Waals surface area (Å²) in [7, 11) is 0. The van der Waals surface area contributed by atoms with Gasteiger partial charge in [-0.3, -0.25) is 0 Å². The van der Waals surface area contributed by atoms with Gasteiger partial charge in [-0.2, -0.15) is 0 Å². The molecular weight excluding hydrogens is 282 g/mol. The number of benzene rings is 2. The molecule has 0 aliphatic rings. The van der Waals surface area contributed by atoms with Gasteiger partial charge in [0.25, 0.3) is 0 Å². The van der Waals surface area contributed by atoms with Crippen LogP contribution < -0.4 is 5.73 Å². The van der Waals surface area contributed by atoms with Crippen LogP contribution in [0.3, 0.4) is 0 Å². The van der Waals surface area contributed by atoms with Crippen LogP contribution in [0.15, 0.2) is 46.9 Å². The van der Waals surface area contributed by atoms with Gasteiger partial charge in [0.15, 0.2) is 0 Å². The Balaban J connectivity index is 2.40. The summed E-state index contributed by atoms with van der Waals surface area (Å²) in [6, 6.07) is 11.8. The second-order valence-corrected chi connectivity index (χ2v) is 4.59. The van der Waals surface area contributed by atoms with E-state index in [0.717, 1.165) is 4.47 Å². The lowest BCUT2D eigenvalue weighted by Crippen LogP contribution is -2.04. The molecule has 0 aliphatic carbocycles. The molecule has 0 saturated heterocycles. The van der Waals surface area contributed by atoms with E-state index in [-0.39, 0.29) is 5.75 Å². The van der Waals surface area contributed by atoms with Gasteiger partial charge >= 0.3 is 0 Å². The number of aliphatic hydroxyl groups excluding tert-OH is 1. The molecule has 0 bridgehead atoms. The summed E-state index contributed by atoms with van der Waals surface area (Å²) < 4.78 is 0.757. The normalized spacial score (nSPS) is 12.4. The summed E-state index contributed by atoms with van der Waals surface area (Å²) in [5.41, 5.74) is 7.75. The summed E-state index contributed by atoms with van der Waals surface area (Å²) in [6.07, 6.45) is -0.798. The fourth-order valence-electron chi connectivity index (χ4n) is 1.63. The smallest absolute Gasteiger partial charge is 0.115 e. The van der Waals surface area contributed by atoms with E-state index in [2.05, 4.69) is 15.9 Å². The number of phenolic OH excluding ortho intramolecular Hbond substituents is 1. The van der Waals surface area contributed by atoms with E-state index in [1.807, 2.05) is 12.1 Å². The zero-order chi connectivity index (χ0) is 12.4. The van der Waals surface area contributed by atoms with E-state index >= 15 is 0 Å². The van der Waals surface area contributed by atoms with E-state index in [1.54, 1.807) is 18.2 Å². The second-order valence-electron chi connectivity index (χ2n) is 3.74. The van der Waals surface area contributed by atoms with Crippen LogP contribution in [0.2, 0.25) is 0 Å². The van der Waals surface area contributed by atoms with Crippen LogP contribution in [-0.4, -0.2) is 10.2 Å². The Morgan fingerprint density at radius 1 is 1.06 bits per heavy atom. The predicted octanol–water partition coefficient (Wildman–Crippen LogP) is 2.82. The van der Waals surface area contributed by atoms with Crippen LogP contribution in [0.1, 0.15) is 17.2 Å². The highest BCUT2D eigenvalue weighted by Gasteiger charge is 2.14. The third kappa shape index (κ3) is 2.43. The highest BCUT2D eigenvalue weighted by molar-refractivity contribution is 9.10. The molecule has 0 spiro atoms. The molecule has 4 N–H and O–H groups in total. The van der Waals surface area contributed by atoms with Gasteiger partial charge in [0.05, 0.1) is 5.69 Å². The summed E-state index contributed by atoms with van der Waals surface area (Å²) in [6.45, 7) is 0. The summed E-state index contributed by atoms with van der Waals surface area (Å²) >= 11 is 3.32. The number of nitrogens with two attached hydrogens (primary N) is 1. The Morgan fingerprint density at radius 3 is 2.35 bits per heavy atom. The second kappa shape index (κ2) is 4.77. The Bertz CT molecular complexity index is 525. The molecule has 0 heterocycles. The quantitative estimate of drug-likeness (QED) is 0.746. The minimum absolute atomic E-state index is 0.170. The average Bonchev–Trinajstić information content (AvgIpc) is 2.33. The van der Waals surface area contributed by atoms with Gasteiger partial charge in [0.1, 0.15) is 11.9 Å². The monoisotopic (exact) mass is 293 g/mol. The van der Waals surface area contributed by atoms with Crippen molar-refractivity contribution in [2.24, 2.45) is 0 Å². The molecule has 0 radical (unpaired) electrons. The Labute approximate surface area is 108 Å². The van der Waals surface area contributed by atoms with Crippen LogP contribution in [0.25, 0.3) is 0 Å². The maximum Gasteiger partial charge on any atom is 0.115 e. The van der Waals surface area contributed by atoms with Gasteiger partial charge in [-0.05, 0) is 39.7 Å². The molecule has 88 valence electrons. The molecule has 2 rings (SSSR count). The summed E-state index contributed by atoms with van der Waals surface area (Å²) in [5.74, 6) is 0.170. The Morgan fingerprint density at radius 2 is 1.71 bits per heavy atom. The minimum Gasteiger partial charge on any atom is -0.508 e. The van der Waals surface area contributed by atoms with Crippen LogP contribution >= 0.6 is 15.9 Å². The first kappa shape index (κ1) is 12.0. The zero-order valence-corrected chi connectivity index (χ0v) is 10.6. The van der Waals surface area contributed by atoms with Gasteiger partial charge in [0.2, 0.25) is 0 Å². The van der Waals surface area contributed by atoms with Crippen molar-refractivity contribution in [3.05, 3.63) is 58.1 Å². The lowest BCUT2D eigenvalue weighted by Gasteiger charge is -2.14. The fourth-order valence-corrected chi connectivity index (χ4v) is 2.01. The predicted molar refractivity (Wildman–Crippen MR) is 70.7 cm³/mol.